The first kappa shape index (κ1) is 16.5. The van der Waals surface area contributed by atoms with Crippen LogP contribution in [-0.4, -0.2) is 45.6 Å². The predicted molar refractivity (Wildman–Crippen MR) is 107 cm³/mol. The van der Waals surface area contributed by atoms with Crippen LogP contribution in [0.25, 0.3) is 16.4 Å². The number of ether oxygens (including phenoxy) is 1. The fraction of sp³-hybridized carbons (Fsp3) is 0.318. The molecule has 0 saturated carbocycles. The van der Waals surface area contributed by atoms with Gasteiger partial charge in [-0.1, -0.05) is 6.07 Å². The molecule has 0 aliphatic carbocycles. The Morgan fingerprint density at radius 3 is 3.19 bits per heavy atom. The third-order valence-corrected chi connectivity index (χ3v) is 5.46. The molecule has 0 spiro atoms. The minimum absolute atomic E-state index is 0.456. The molecular weight excluding hydrogens is 336 g/mol. The van der Waals surface area contributed by atoms with E-state index < -0.39 is 0 Å². The van der Waals surface area contributed by atoms with Gasteiger partial charge < -0.3 is 14.1 Å². The van der Waals surface area contributed by atoms with Gasteiger partial charge in [-0.2, -0.15) is 0 Å². The Morgan fingerprint density at radius 1 is 1.19 bits per heavy atom. The molecule has 1 fully saturated rings. The molecule has 5 rings (SSSR count). The van der Waals surface area contributed by atoms with Crippen molar-refractivity contribution < 1.29 is 4.74 Å². The van der Waals surface area contributed by atoms with Crippen molar-refractivity contribution >= 4 is 16.4 Å². The molecule has 1 N–H and O–H groups in total. The number of benzene rings is 1. The average molecular weight is 360 g/mol. The molecule has 27 heavy (non-hydrogen) atoms. The molecule has 0 radical (unpaired) electrons. The fourth-order valence-electron chi connectivity index (χ4n) is 4.14. The molecule has 1 aliphatic heterocycles. The lowest BCUT2D eigenvalue weighted by Crippen LogP contribution is -2.30. The molecule has 3 aromatic heterocycles. The molecule has 4 aromatic rings. The largest absolute Gasteiger partial charge is 0.380 e. The topological polar surface area (TPSA) is 45.6 Å². The summed E-state index contributed by atoms with van der Waals surface area (Å²) in [6.45, 7) is 4.57. The summed E-state index contributed by atoms with van der Waals surface area (Å²) in [5.74, 6) is 0.456. The van der Waals surface area contributed by atoms with Gasteiger partial charge in [0.05, 0.1) is 24.4 Å². The van der Waals surface area contributed by atoms with Crippen molar-refractivity contribution in [3.8, 4) is 0 Å². The maximum absolute atomic E-state index is 5.92. The second-order valence-electron chi connectivity index (χ2n) is 7.45. The van der Waals surface area contributed by atoms with Crippen LogP contribution in [0.2, 0.25) is 0 Å². The summed E-state index contributed by atoms with van der Waals surface area (Å²) in [6.07, 6.45) is 8.92. The van der Waals surface area contributed by atoms with Crippen molar-refractivity contribution in [2.45, 2.75) is 13.0 Å². The minimum atomic E-state index is 0.456. The van der Waals surface area contributed by atoms with Crippen molar-refractivity contribution in [1.82, 2.24) is 19.3 Å². The molecular formula is C22H24N4O. The van der Waals surface area contributed by atoms with Crippen LogP contribution in [0.15, 0.2) is 61.2 Å². The molecule has 1 atom stereocenters. The Hall–Kier alpha value is -2.63. The zero-order valence-corrected chi connectivity index (χ0v) is 15.3. The Balaban J connectivity index is 1.32. The zero-order chi connectivity index (χ0) is 18.1. The van der Waals surface area contributed by atoms with Crippen molar-refractivity contribution in [3.05, 3.63) is 72.4 Å². The molecule has 1 saturated heterocycles. The summed E-state index contributed by atoms with van der Waals surface area (Å²) in [4.78, 5) is 10.4. The van der Waals surface area contributed by atoms with Gasteiger partial charge in [-0.25, -0.2) is 0 Å². The van der Waals surface area contributed by atoms with Crippen molar-refractivity contribution in [1.29, 1.82) is 0 Å². The fourth-order valence-corrected chi connectivity index (χ4v) is 4.14. The van der Waals surface area contributed by atoms with E-state index in [1.165, 1.54) is 22.0 Å². The van der Waals surface area contributed by atoms with Crippen LogP contribution in [0.4, 0.5) is 0 Å². The third kappa shape index (κ3) is 3.48. The normalized spacial score (nSPS) is 18.9. The van der Waals surface area contributed by atoms with E-state index in [1.54, 1.807) is 0 Å². The lowest BCUT2D eigenvalue weighted by Gasteiger charge is -2.23. The summed E-state index contributed by atoms with van der Waals surface area (Å²) in [6, 6.07) is 13.0. The van der Waals surface area contributed by atoms with Crippen molar-refractivity contribution in [3.63, 3.8) is 0 Å². The molecule has 0 unspecified atom stereocenters. The second kappa shape index (κ2) is 7.18. The summed E-state index contributed by atoms with van der Waals surface area (Å²) in [5.41, 5.74) is 4.91. The van der Waals surface area contributed by atoms with Gasteiger partial charge in [0.1, 0.15) is 0 Å². The Bertz CT molecular complexity index is 1050. The first-order valence-corrected chi connectivity index (χ1v) is 9.62. The number of H-pyrrole nitrogens is 1. The summed E-state index contributed by atoms with van der Waals surface area (Å²) in [7, 11) is 0. The quantitative estimate of drug-likeness (QED) is 0.606. The lowest BCUT2D eigenvalue weighted by atomic mass is 10.0. The van der Waals surface area contributed by atoms with Gasteiger partial charge in [-0.15, -0.1) is 0 Å². The highest BCUT2D eigenvalue weighted by Gasteiger charge is 2.21. The predicted octanol–water partition coefficient (Wildman–Crippen LogP) is 3.51. The van der Waals surface area contributed by atoms with Gasteiger partial charge >= 0.3 is 0 Å². The average Bonchev–Trinajstić information content (AvgIpc) is 3.29. The molecule has 0 bridgehead atoms. The number of fused-ring (bicyclic) bond motifs is 2. The van der Waals surface area contributed by atoms with Crippen LogP contribution in [0.5, 0.6) is 0 Å². The van der Waals surface area contributed by atoms with E-state index >= 15 is 0 Å². The van der Waals surface area contributed by atoms with E-state index in [-0.39, 0.29) is 0 Å². The van der Waals surface area contributed by atoms with E-state index in [0.717, 1.165) is 45.0 Å². The first-order valence-electron chi connectivity index (χ1n) is 9.62. The zero-order valence-electron chi connectivity index (χ0n) is 15.3. The minimum Gasteiger partial charge on any atom is -0.380 e. The first-order chi connectivity index (χ1) is 13.3. The molecule has 5 heteroatoms. The van der Waals surface area contributed by atoms with Gasteiger partial charge in [-0.05, 0) is 47.7 Å². The van der Waals surface area contributed by atoms with Crippen LogP contribution >= 0.6 is 0 Å². The summed E-state index contributed by atoms with van der Waals surface area (Å²) >= 11 is 0. The van der Waals surface area contributed by atoms with E-state index in [9.17, 15) is 0 Å². The van der Waals surface area contributed by atoms with E-state index in [1.807, 2.05) is 18.6 Å². The molecule has 1 aliphatic rings. The lowest BCUT2D eigenvalue weighted by molar-refractivity contribution is 0.121. The van der Waals surface area contributed by atoms with Crippen molar-refractivity contribution in [2.24, 2.45) is 5.92 Å². The molecule has 5 nitrogen and oxygen atoms in total. The second-order valence-corrected chi connectivity index (χ2v) is 7.45. The maximum atomic E-state index is 5.92. The molecule has 1 aromatic carbocycles. The van der Waals surface area contributed by atoms with Gasteiger partial charge in [0.15, 0.2) is 0 Å². The molecule has 138 valence electrons. The molecule has 4 heterocycles. The Labute approximate surface area is 158 Å². The van der Waals surface area contributed by atoms with E-state index in [4.69, 9.17) is 4.74 Å². The standard InChI is InChI=1S/C22H24N4O/c1-2-22-21(24-7-9-26(22)8-1)13-18-15-25(10-11-27-16-18)14-17-3-4-20-19(12-17)5-6-23-20/h1-9,12,18,23H,10-11,13-16H2/t18-/m0/s1. The number of hydrogen-bond acceptors (Lipinski definition) is 3. The number of nitrogens with one attached hydrogen (secondary N) is 1. The highest BCUT2D eigenvalue weighted by Crippen LogP contribution is 2.20. The third-order valence-electron chi connectivity index (χ3n) is 5.46. The van der Waals surface area contributed by atoms with Crippen LogP contribution in [0.1, 0.15) is 11.3 Å². The summed E-state index contributed by atoms with van der Waals surface area (Å²) < 4.78 is 8.06. The van der Waals surface area contributed by atoms with Gasteiger partial charge in [0.25, 0.3) is 0 Å². The number of rotatable bonds is 4. The maximum Gasteiger partial charge on any atom is 0.0666 e. The number of hydrogen-bond donors (Lipinski definition) is 1. The number of aromatic nitrogens is 3. The number of nitrogens with zero attached hydrogens (tertiary/aromatic N) is 3. The van der Waals surface area contributed by atoms with Crippen molar-refractivity contribution in [2.75, 3.05) is 26.3 Å². The smallest absolute Gasteiger partial charge is 0.0666 e. The van der Waals surface area contributed by atoms with Crippen LogP contribution in [0.3, 0.4) is 0 Å². The highest BCUT2D eigenvalue weighted by molar-refractivity contribution is 5.79. The SMILES string of the molecule is c1cc2c(C[C@@H]3COCCN(Cc4ccc5[nH]ccc5c4)C3)nccn2c1. The van der Waals surface area contributed by atoms with Crippen LogP contribution < -0.4 is 0 Å². The van der Waals surface area contributed by atoms with Gasteiger partial charge in [0.2, 0.25) is 0 Å². The highest BCUT2D eigenvalue weighted by atomic mass is 16.5. The Morgan fingerprint density at radius 2 is 2.19 bits per heavy atom. The monoisotopic (exact) mass is 360 g/mol. The van der Waals surface area contributed by atoms with E-state index in [0.29, 0.717) is 5.92 Å². The molecule has 0 amide bonds. The number of aromatic amines is 1. The Kier molecular flexibility index (Phi) is 4.40. The van der Waals surface area contributed by atoms with Gasteiger partial charge in [-0.3, -0.25) is 9.88 Å². The van der Waals surface area contributed by atoms with Crippen LogP contribution in [0, 0.1) is 5.92 Å². The van der Waals surface area contributed by atoms with Gasteiger partial charge in [0, 0.05) is 55.9 Å². The van der Waals surface area contributed by atoms with E-state index in [2.05, 4.69) is 61.9 Å². The summed E-state index contributed by atoms with van der Waals surface area (Å²) in [5, 5.41) is 1.28. The van der Waals surface area contributed by atoms with Crippen LogP contribution in [-0.2, 0) is 17.7 Å².